The summed E-state index contributed by atoms with van der Waals surface area (Å²) in [5.74, 6) is 0.924. The minimum Gasteiger partial charge on any atom is -0.491 e. The van der Waals surface area contributed by atoms with Gasteiger partial charge in [0.25, 0.3) is 0 Å². The quantitative estimate of drug-likeness (QED) is 0.575. The lowest BCUT2D eigenvalue weighted by atomic mass is 9.81. The third-order valence-electron chi connectivity index (χ3n) is 3.62. The van der Waals surface area contributed by atoms with Crippen LogP contribution in [0.25, 0.3) is 0 Å². The number of fused-ring (bicyclic) bond motifs is 1. The molecule has 74 valence electrons. The number of sulfone groups is 1. The van der Waals surface area contributed by atoms with Crippen molar-refractivity contribution in [3.8, 4) is 6.07 Å². The predicted molar refractivity (Wildman–Crippen MR) is 47.7 cm³/mol. The number of nitrogens with zero attached hydrogens (tertiary/aromatic N) is 1. The smallest absolute Gasteiger partial charge is 0.216 e. The van der Waals surface area contributed by atoms with E-state index < -0.39 is 20.7 Å². The van der Waals surface area contributed by atoms with E-state index >= 15 is 0 Å². The van der Waals surface area contributed by atoms with Gasteiger partial charge < -0.3 is 4.74 Å². The molecule has 3 aliphatic heterocycles. The Morgan fingerprint density at radius 3 is 3.00 bits per heavy atom. The number of hydrogen-bond acceptors (Lipinski definition) is 4. The molecule has 0 amide bonds. The van der Waals surface area contributed by atoms with E-state index in [4.69, 9.17) is 10.00 Å². The first-order valence-electron chi connectivity index (χ1n) is 4.55. The molecule has 0 aromatic carbocycles. The molecule has 2 fully saturated rings. The Balaban J connectivity index is 2.32. The van der Waals surface area contributed by atoms with Gasteiger partial charge in [0, 0.05) is 11.8 Å². The van der Waals surface area contributed by atoms with Crippen LogP contribution < -0.4 is 0 Å². The fourth-order valence-corrected chi connectivity index (χ4v) is 4.99. The van der Waals surface area contributed by atoms with Gasteiger partial charge in [-0.05, 0) is 6.08 Å². The molecule has 4 atom stereocenters. The molecule has 0 aromatic heterocycles. The normalized spacial score (nSPS) is 51.1. The van der Waals surface area contributed by atoms with Crippen molar-refractivity contribution in [2.45, 2.75) is 17.8 Å². The minimum absolute atomic E-state index is 0.0142. The van der Waals surface area contributed by atoms with Crippen molar-refractivity contribution < 1.29 is 13.2 Å². The van der Waals surface area contributed by atoms with Crippen molar-refractivity contribution in [3.63, 3.8) is 0 Å². The Morgan fingerprint density at radius 1 is 1.71 bits per heavy atom. The summed E-state index contributed by atoms with van der Waals surface area (Å²) in [6.07, 6.45) is 1.07. The van der Waals surface area contributed by atoms with E-state index in [0.29, 0.717) is 5.76 Å². The van der Waals surface area contributed by atoms with Crippen LogP contribution in [0.3, 0.4) is 0 Å². The zero-order valence-corrected chi connectivity index (χ0v) is 8.41. The second kappa shape index (κ2) is 1.98. The molecule has 14 heavy (non-hydrogen) atoms. The van der Waals surface area contributed by atoms with Gasteiger partial charge in [0.05, 0.1) is 17.6 Å². The average Bonchev–Trinajstić information content (AvgIpc) is 2.67. The van der Waals surface area contributed by atoms with E-state index in [2.05, 4.69) is 0 Å². The van der Waals surface area contributed by atoms with E-state index in [0.717, 1.165) is 0 Å². The number of rotatable bonds is 0. The van der Waals surface area contributed by atoms with Gasteiger partial charge in [-0.25, -0.2) is 8.42 Å². The zero-order chi connectivity index (χ0) is 10.1. The lowest BCUT2D eigenvalue weighted by Crippen LogP contribution is -2.39. The first-order valence-corrected chi connectivity index (χ1v) is 6.20. The summed E-state index contributed by atoms with van der Waals surface area (Å²) >= 11 is 0. The van der Waals surface area contributed by atoms with Crippen molar-refractivity contribution in [3.05, 3.63) is 11.8 Å². The maximum Gasteiger partial charge on any atom is 0.216 e. The lowest BCUT2D eigenvalue weighted by Gasteiger charge is -2.18. The molecule has 2 bridgehead atoms. The van der Waals surface area contributed by atoms with Crippen LogP contribution in [0.15, 0.2) is 11.8 Å². The van der Waals surface area contributed by atoms with Crippen LogP contribution in [-0.2, 0) is 14.6 Å². The second-order valence-electron chi connectivity index (χ2n) is 4.22. The van der Waals surface area contributed by atoms with Gasteiger partial charge >= 0.3 is 0 Å². The van der Waals surface area contributed by atoms with Gasteiger partial charge in [0.15, 0.2) is 9.84 Å². The van der Waals surface area contributed by atoms with Crippen LogP contribution >= 0.6 is 0 Å². The summed E-state index contributed by atoms with van der Waals surface area (Å²) in [6.45, 7) is 1.96. The molecule has 2 saturated heterocycles. The predicted octanol–water partition coefficient (Wildman–Crippen LogP) is 0.226. The summed E-state index contributed by atoms with van der Waals surface area (Å²) in [6, 6.07) is 1.92. The molecule has 3 rings (SSSR count). The summed E-state index contributed by atoms with van der Waals surface area (Å²) in [5, 5.41) is 9.03. The molecule has 4 unspecified atom stereocenters. The topological polar surface area (TPSA) is 67.2 Å². The highest BCUT2D eigenvalue weighted by molar-refractivity contribution is 7.93. The van der Waals surface area contributed by atoms with E-state index in [-0.39, 0.29) is 17.6 Å². The molecule has 3 aliphatic rings. The Kier molecular flexibility index (Phi) is 1.18. The van der Waals surface area contributed by atoms with Gasteiger partial charge in [-0.15, -0.1) is 0 Å². The van der Waals surface area contributed by atoms with E-state index in [9.17, 15) is 8.42 Å². The largest absolute Gasteiger partial charge is 0.491 e. The molecule has 3 heterocycles. The molecule has 4 nitrogen and oxygen atoms in total. The maximum absolute atomic E-state index is 11.8. The van der Waals surface area contributed by atoms with Crippen molar-refractivity contribution in [1.82, 2.24) is 0 Å². The highest BCUT2D eigenvalue weighted by Gasteiger charge is 2.69. The van der Waals surface area contributed by atoms with Crippen LogP contribution in [0.1, 0.15) is 6.92 Å². The fraction of sp³-hybridized carbons (Fsp3) is 0.667. The van der Waals surface area contributed by atoms with Crippen molar-refractivity contribution in [2.24, 2.45) is 11.8 Å². The Hall–Kier alpha value is -1.02. The first kappa shape index (κ1) is 8.30. The summed E-state index contributed by atoms with van der Waals surface area (Å²) < 4.78 is 27.8. The maximum atomic E-state index is 11.8. The zero-order valence-electron chi connectivity index (χ0n) is 7.60. The van der Waals surface area contributed by atoms with Gasteiger partial charge in [0.1, 0.15) is 6.10 Å². The molecule has 0 saturated carbocycles. The lowest BCUT2D eigenvalue weighted by molar-refractivity contribution is 0.158. The van der Waals surface area contributed by atoms with Crippen molar-refractivity contribution in [2.75, 3.05) is 5.75 Å². The Bertz CT molecular complexity index is 487. The highest BCUT2D eigenvalue weighted by Crippen LogP contribution is 2.55. The monoisotopic (exact) mass is 211 g/mol. The number of nitriles is 1. The summed E-state index contributed by atoms with van der Waals surface area (Å²) in [5.41, 5.74) is 0. The third kappa shape index (κ3) is 0.592. The minimum atomic E-state index is -3.34. The SMILES string of the molecule is CC1C2=CC3(C#N)C(O2)C1CS3(=O)=O. The van der Waals surface area contributed by atoms with Gasteiger partial charge in [-0.3, -0.25) is 0 Å². The Labute approximate surface area is 82.1 Å². The molecular formula is C9H9NO3S. The first-order chi connectivity index (χ1) is 6.52. The van der Waals surface area contributed by atoms with Gasteiger partial charge in [-0.1, -0.05) is 6.92 Å². The summed E-state index contributed by atoms with van der Waals surface area (Å²) in [7, 11) is -3.34. The standard InChI is InChI=1S/C9H9NO3S/c1-5-6-3-14(11,12)9(4-10)2-7(5)13-8(6)9/h2,5-6,8H,3H2,1H3. The average molecular weight is 211 g/mol. The molecular weight excluding hydrogens is 202 g/mol. The second-order valence-corrected chi connectivity index (χ2v) is 6.46. The van der Waals surface area contributed by atoms with Crippen LogP contribution in [0.4, 0.5) is 0 Å². The molecule has 0 radical (unpaired) electrons. The third-order valence-corrected chi connectivity index (χ3v) is 5.92. The van der Waals surface area contributed by atoms with Crippen molar-refractivity contribution >= 4 is 9.84 Å². The van der Waals surface area contributed by atoms with Gasteiger partial charge in [-0.2, -0.15) is 5.26 Å². The molecule has 5 heteroatoms. The van der Waals surface area contributed by atoms with E-state index in [1.165, 1.54) is 6.08 Å². The number of ether oxygens (including phenoxy) is 1. The Morgan fingerprint density at radius 2 is 2.43 bits per heavy atom. The van der Waals surface area contributed by atoms with Crippen molar-refractivity contribution in [1.29, 1.82) is 5.26 Å². The van der Waals surface area contributed by atoms with Crippen LogP contribution in [0, 0.1) is 23.2 Å². The number of allylic oxidation sites excluding steroid dienone is 1. The van der Waals surface area contributed by atoms with E-state index in [1.807, 2.05) is 13.0 Å². The fourth-order valence-electron chi connectivity index (χ4n) is 2.73. The van der Waals surface area contributed by atoms with Crippen LogP contribution in [0.5, 0.6) is 0 Å². The van der Waals surface area contributed by atoms with E-state index in [1.54, 1.807) is 0 Å². The van der Waals surface area contributed by atoms with Crippen LogP contribution in [-0.4, -0.2) is 25.0 Å². The molecule has 0 aliphatic carbocycles. The molecule has 0 N–H and O–H groups in total. The summed E-state index contributed by atoms with van der Waals surface area (Å²) in [4.78, 5) is 0. The van der Waals surface area contributed by atoms with Crippen LogP contribution in [0.2, 0.25) is 0 Å². The highest BCUT2D eigenvalue weighted by atomic mass is 32.2. The molecule has 0 spiro atoms. The number of hydrogen-bond donors (Lipinski definition) is 0. The molecule has 0 aromatic rings. The van der Waals surface area contributed by atoms with Gasteiger partial charge in [0.2, 0.25) is 4.75 Å².